The van der Waals surface area contributed by atoms with Gasteiger partial charge in [0, 0.05) is 13.1 Å². The van der Waals surface area contributed by atoms with Crippen LogP contribution in [0.5, 0.6) is 5.75 Å². The third kappa shape index (κ3) is 3.04. The second kappa shape index (κ2) is 5.71. The Morgan fingerprint density at radius 2 is 2.15 bits per heavy atom. The van der Waals surface area contributed by atoms with Crippen LogP contribution in [0.1, 0.15) is 13.3 Å². The van der Waals surface area contributed by atoms with Crippen LogP contribution in [0, 0.1) is 5.41 Å². The Kier molecular flexibility index (Phi) is 4.18. The SMILES string of the molecule is C[C@@]1(C(=O)O)CCN(C(=O)COc2ccccc2Cl)C1. The van der Waals surface area contributed by atoms with Gasteiger partial charge in [-0.1, -0.05) is 23.7 Å². The van der Waals surface area contributed by atoms with E-state index in [1.165, 1.54) is 4.90 Å². The fourth-order valence-electron chi connectivity index (χ4n) is 2.14. The van der Waals surface area contributed by atoms with Crippen molar-refractivity contribution in [1.29, 1.82) is 0 Å². The average Bonchev–Trinajstić information content (AvgIpc) is 2.82. The van der Waals surface area contributed by atoms with Gasteiger partial charge in [0.2, 0.25) is 0 Å². The molecule has 1 aliphatic rings. The standard InChI is InChI=1S/C14H16ClNO4/c1-14(13(18)19)6-7-16(9-14)12(17)8-20-11-5-3-2-4-10(11)15/h2-5H,6-9H2,1H3,(H,18,19)/t14-/m1/s1. The lowest BCUT2D eigenvalue weighted by Crippen LogP contribution is -2.37. The molecular formula is C14H16ClNO4. The summed E-state index contributed by atoms with van der Waals surface area (Å²) in [6.07, 6.45) is 0.458. The number of carbonyl (C=O) groups excluding carboxylic acids is 1. The molecule has 1 heterocycles. The normalized spacial score (nSPS) is 21.8. The number of halogens is 1. The predicted octanol–water partition coefficient (Wildman–Crippen LogP) is 2.04. The summed E-state index contributed by atoms with van der Waals surface area (Å²) in [4.78, 5) is 24.7. The van der Waals surface area contributed by atoms with Gasteiger partial charge < -0.3 is 14.7 Å². The van der Waals surface area contributed by atoms with E-state index in [-0.39, 0.29) is 19.1 Å². The number of nitrogens with zero attached hydrogens (tertiary/aromatic N) is 1. The van der Waals surface area contributed by atoms with Crippen molar-refractivity contribution in [2.24, 2.45) is 5.41 Å². The molecule has 1 aliphatic heterocycles. The zero-order valence-corrected chi connectivity index (χ0v) is 11.9. The molecule has 0 spiro atoms. The summed E-state index contributed by atoms with van der Waals surface area (Å²) in [5, 5.41) is 9.57. The first-order valence-corrected chi connectivity index (χ1v) is 6.69. The van der Waals surface area contributed by atoms with Crippen molar-refractivity contribution >= 4 is 23.5 Å². The van der Waals surface area contributed by atoms with Crippen molar-refractivity contribution < 1.29 is 19.4 Å². The molecule has 0 bridgehead atoms. The number of para-hydroxylation sites is 1. The summed E-state index contributed by atoms with van der Waals surface area (Å²) in [5.74, 6) is -0.655. The summed E-state index contributed by atoms with van der Waals surface area (Å²) in [6, 6.07) is 6.90. The van der Waals surface area contributed by atoms with E-state index < -0.39 is 11.4 Å². The van der Waals surface area contributed by atoms with Gasteiger partial charge in [0.25, 0.3) is 5.91 Å². The molecule has 0 saturated carbocycles. The van der Waals surface area contributed by atoms with Crippen LogP contribution in [-0.4, -0.2) is 41.6 Å². The molecule has 0 aliphatic carbocycles. The number of aliphatic carboxylic acids is 1. The van der Waals surface area contributed by atoms with Crippen LogP contribution >= 0.6 is 11.6 Å². The molecule has 20 heavy (non-hydrogen) atoms. The monoisotopic (exact) mass is 297 g/mol. The molecule has 0 unspecified atom stereocenters. The number of likely N-dealkylation sites (tertiary alicyclic amines) is 1. The predicted molar refractivity (Wildman–Crippen MR) is 73.9 cm³/mol. The highest BCUT2D eigenvalue weighted by molar-refractivity contribution is 6.32. The third-order valence-electron chi connectivity index (χ3n) is 3.53. The lowest BCUT2D eigenvalue weighted by molar-refractivity contribution is -0.147. The Hall–Kier alpha value is -1.75. The molecule has 1 N–H and O–H groups in total. The van der Waals surface area contributed by atoms with E-state index in [1.807, 2.05) is 0 Å². The minimum atomic E-state index is -0.875. The van der Waals surface area contributed by atoms with Crippen LogP contribution in [0.4, 0.5) is 0 Å². The smallest absolute Gasteiger partial charge is 0.311 e. The van der Waals surface area contributed by atoms with Crippen LogP contribution in [0.2, 0.25) is 5.02 Å². The van der Waals surface area contributed by atoms with E-state index >= 15 is 0 Å². The first-order chi connectivity index (χ1) is 9.42. The highest BCUT2D eigenvalue weighted by atomic mass is 35.5. The molecule has 1 fully saturated rings. The van der Waals surface area contributed by atoms with E-state index in [9.17, 15) is 9.59 Å². The van der Waals surface area contributed by atoms with E-state index in [1.54, 1.807) is 31.2 Å². The number of hydrogen-bond acceptors (Lipinski definition) is 3. The summed E-state index contributed by atoms with van der Waals surface area (Å²) in [7, 11) is 0. The van der Waals surface area contributed by atoms with Crippen LogP contribution in [0.3, 0.4) is 0 Å². The Morgan fingerprint density at radius 1 is 1.45 bits per heavy atom. The summed E-state index contributed by atoms with van der Waals surface area (Å²) >= 11 is 5.93. The van der Waals surface area contributed by atoms with Gasteiger partial charge in [0.15, 0.2) is 6.61 Å². The molecule has 6 heteroatoms. The van der Waals surface area contributed by atoms with Gasteiger partial charge in [0.05, 0.1) is 10.4 Å². The van der Waals surface area contributed by atoms with Gasteiger partial charge in [-0.3, -0.25) is 9.59 Å². The van der Waals surface area contributed by atoms with Crippen molar-refractivity contribution in [2.75, 3.05) is 19.7 Å². The maximum absolute atomic E-state index is 12.0. The number of carboxylic acid groups (broad SMARTS) is 1. The second-order valence-corrected chi connectivity index (χ2v) is 5.56. The van der Waals surface area contributed by atoms with Gasteiger partial charge in [-0.05, 0) is 25.5 Å². The fourth-order valence-corrected chi connectivity index (χ4v) is 2.33. The fraction of sp³-hybridized carbons (Fsp3) is 0.429. The highest BCUT2D eigenvalue weighted by Crippen LogP contribution is 2.30. The number of hydrogen-bond donors (Lipinski definition) is 1. The molecule has 1 aromatic rings. The summed E-state index contributed by atoms with van der Waals surface area (Å²) < 4.78 is 5.37. The summed E-state index contributed by atoms with van der Waals surface area (Å²) in [6.45, 7) is 2.16. The van der Waals surface area contributed by atoms with Crippen molar-refractivity contribution in [2.45, 2.75) is 13.3 Å². The van der Waals surface area contributed by atoms with Gasteiger partial charge in [0.1, 0.15) is 5.75 Å². The lowest BCUT2D eigenvalue weighted by Gasteiger charge is -2.20. The minimum absolute atomic E-state index is 0.139. The molecule has 2 rings (SSSR count). The van der Waals surface area contributed by atoms with Crippen LogP contribution in [0.25, 0.3) is 0 Å². The number of benzene rings is 1. The van der Waals surface area contributed by atoms with E-state index in [0.29, 0.717) is 23.7 Å². The van der Waals surface area contributed by atoms with E-state index in [2.05, 4.69) is 0 Å². The minimum Gasteiger partial charge on any atom is -0.482 e. The molecule has 1 atom stereocenters. The first-order valence-electron chi connectivity index (χ1n) is 6.31. The van der Waals surface area contributed by atoms with Gasteiger partial charge in [-0.15, -0.1) is 0 Å². The topological polar surface area (TPSA) is 66.8 Å². The quantitative estimate of drug-likeness (QED) is 0.923. The Bertz CT molecular complexity index is 534. The van der Waals surface area contributed by atoms with Crippen molar-refractivity contribution in [3.63, 3.8) is 0 Å². The molecule has 5 nitrogen and oxygen atoms in total. The number of carbonyl (C=O) groups is 2. The van der Waals surface area contributed by atoms with E-state index in [4.69, 9.17) is 21.4 Å². The maximum Gasteiger partial charge on any atom is 0.311 e. The van der Waals surface area contributed by atoms with Crippen molar-refractivity contribution in [1.82, 2.24) is 4.90 Å². The Balaban J connectivity index is 1.91. The molecular weight excluding hydrogens is 282 g/mol. The maximum atomic E-state index is 12.0. The highest BCUT2D eigenvalue weighted by Gasteiger charge is 2.42. The molecule has 108 valence electrons. The van der Waals surface area contributed by atoms with E-state index in [0.717, 1.165) is 0 Å². The van der Waals surface area contributed by atoms with Crippen molar-refractivity contribution in [3.8, 4) is 5.75 Å². The van der Waals surface area contributed by atoms with Crippen molar-refractivity contribution in [3.05, 3.63) is 29.3 Å². The zero-order chi connectivity index (χ0) is 14.8. The lowest BCUT2D eigenvalue weighted by atomic mass is 9.90. The van der Waals surface area contributed by atoms with Crippen LogP contribution < -0.4 is 4.74 Å². The zero-order valence-electron chi connectivity index (χ0n) is 11.1. The average molecular weight is 298 g/mol. The molecule has 1 aromatic carbocycles. The van der Waals surface area contributed by atoms with Gasteiger partial charge in [-0.25, -0.2) is 0 Å². The summed E-state index contributed by atoms with van der Waals surface area (Å²) in [5.41, 5.74) is -0.861. The number of rotatable bonds is 4. The second-order valence-electron chi connectivity index (χ2n) is 5.15. The third-order valence-corrected chi connectivity index (χ3v) is 3.84. The number of carboxylic acids is 1. The van der Waals surface area contributed by atoms with Gasteiger partial charge >= 0.3 is 5.97 Å². The largest absolute Gasteiger partial charge is 0.482 e. The Labute approximate surface area is 122 Å². The van der Waals surface area contributed by atoms with Crippen LogP contribution in [-0.2, 0) is 9.59 Å². The Morgan fingerprint density at radius 3 is 2.75 bits per heavy atom. The molecule has 0 aromatic heterocycles. The number of amides is 1. The molecule has 1 saturated heterocycles. The van der Waals surface area contributed by atoms with Gasteiger partial charge in [-0.2, -0.15) is 0 Å². The first kappa shape index (κ1) is 14.7. The molecule has 0 radical (unpaired) electrons. The van der Waals surface area contributed by atoms with Crippen LogP contribution in [0.15, 0.2) is 24.3 Å². The molecule has 1 amide bonds. The number of ether oxygens (including phenoxy) is 1.